The average Bonchev–Trinajstić information content (AvgIpc) is 2.94. The Morgan fingerprint density at radius 2 is 1.62 bits per heavy atom. The zero-order chi connectivity index (χ0) is 25.6. The first-order chi connectivity index (χ1) is 18.1. The standard InChI is InChI=1S/C29H21ClN4O3/c30-22-12-14-23(15-13-22)32-27(35)19-37-24-16-10-20(11-17-24)18-31-34-28(21-6-2-1-3-7-21)33-26-9-5-4-8-25(26)29(34)36/h1-18H,19H2,(H,32,35). The summed E-state index contributed by atoms with van der Waals surface area (Å²) >= 11 is 5.86. The molecule has 37 heavy (non-hydrogen) atoms. The van der Waals surface area contributed by atoms with Gasteiger partial charge in [0.2, 0.25) is 0 Å². The number of aromatic nitrogens is 2. The second kappa shape index (κ2) is 10.9. The molecule has 0 aliphatic carbocycles. The van der Waals surface area contributed by atoms with Crippen molar-refractivity contribution >= 4 is 40.3 Å². The van der Waals surface area contributed by atoms with E-state index in [2.05, 4.69) is 10.4 Å². The van der Waals surface area contributed by atoms with Crippen LogP contribution in [0.3, 0.4) is 0 Å². The average molecular weight is 509 g/mol. The predicted octanol–water partition coefficient (Wildman–Crippen LogP) is 5.62. The van der Waals surface area contributed by atoms with Gasteiger partial charge in [-0.05, 0) is 66.2 Å². The first-order valence-corrected chi connectivity index (χ1v) is 11.8. The summed E-state index contributed by atoms with van der Waals surface area (Å²) < 4.78 is 6.89. The number of nitrogens with zero attached hydrogens (tertiary/aromatic N) is 3. The number of hydrogen-bond acceptors (Lipinski definition) is 5. The van der Waals surface area contributed by atoms with E-state index in [0.717, 1.165) is 11.1 Å². The highest BCUT2D eigenvalue weighted by atomic mass is 35.5. The number of rotatable bonds is 7. The van der Waals surface area contributed by atoms with Crippen LogP contribution in [0.5, 0.6) is 5.75 Å². The van der Waals surface area contributed by atoms with Crippen molar-refractivity contribution in [1.82, 2.24) is 9.66 Å². The number of anilines is 1. The highest BCUT2D eigenvalue weighted by Crippen LogP contribution is 2.19. The van der Waals surface area contributed by atoms with Crippen LogP contribution in [0, 0.1) is 0 Å². The minimum Gasteiger partial charge on any atom is -0.484 e. The highest BCUT2D eigenvalue weighted by molar-refractivity contribution is 6.30. The number of carbonyl (C=O) groups excluding carboxylic acids is 1. The molecule has 0 bridgehead atoms. The van der Waals surface area contributed by atoms with E-state index in [1.165, 1.54) is 4.68 Å². The van der Waals surface area contributed by atoms with Gasteiger partial charge < -0.3 is 10.1 Å². The minimum absolute atomic E-state index is 0.144. The van der Waals surface area contributed by atoms with Crippen LogP contribution in [0.25, 0.3) is 22.3 Å². The largest absolute Gasteiger partial charge is 0.484 e. The Kier molecular flexibility index (Phi) is 7.05. The molecule has 0 fully saturated rings. The normalized spacial score (nSPS) is 11.1. The monoisotopic (exact) mass is 508 g/mol. The molecular formula is C29H21ClN4O3. The lowest BCUT2D eigenvalue weighted by molar-refractivity contribution is -0.118. The van der Waals surface area contributed by atoms with E-state index >= 15 is 0 Å². The third-order valence-corrected chi connectivity index (χ3v) is 5.74. The van der Waals surface area contributed by atoms with Gasteiger partial charge in [-0.15, -0.1) is 0 Å². The first-order valence-electron chi connectivity index (χ1n) is 11.5. The van der Waals surface area contributed by atoms with E-state index in [9.17, 15) is 9.59 Å². The number of para-hydroxylation sites is 1. The molecule has 0 saturated carbocycles. The summed E-state index contributed by atoms with van der Waals surface area (Å²) in [5, 5.41) is 8.29. The zero-order valence-electron chi connectivity index (χ0n) is 19.5. The lowest BCUT2D eigenvalue weighted by Gasteiger charge is -2.09. The van der Waals surface area contributed by atoms with Gasteiger partial charge in [-0.3, -0.25) is 9.59 Å². The Morgan fingerprint density at radius 3 is 2.38 bits per heavy atom. The summed E-state index contributed by atoms with van der Waals surface area (Å²) in [4.78, 5) is 30.1. The molecule has 1 amide bonds. The van der Waals surface area contributed by atoms with Crippen molar-refractivity contribution in [2.24, 2.45) is 5.10 Å². The van der Waals surface area contributed by atoms with E-state index in [1.807, 2.05) is 42.5 Å². The van der Waals surface area contributed by atoms with Crippen molar-refractivity contribution in [2.45, 2.75) is 0 Å². The molecule has 182 valence electrons. The smallest absolute Gasteiger partial charge is 0.282 e. The molecule has 7 nitrogen and oxygen atoms in total. The molecule has 0 unspecified atom stereocenters. The molecule has 0 radical (unpaired) electrons. The van der Waals surface area contributed by atoms with E-state index in [1.54, 1.807) is 66.9 Å². The van der Waals surface area contributed by atoms with Gasteiger partial charge in [-0.2, -0.15) is 9.78 Å². The highest BCUT2D eigenvalue weighted by Gasteiger charge is 2.12. The molecule has 1 N–H and O–H groups in total. The Bertz CT molecular complexity index is 1630. The van der Waals surface area contributed by atoms with Crippen LogP contribution in [0.4, 0.5) is 5.69 Å². The maximum absolute atomic E-state index is 13.2. The van der Waals surface area contributed by atoms with Crippen molar-refractivity contribution in [1.29, 1.82) is 0 Å². The van der Waals surface area contributed by atoms with Crippen molar-refractivity contribution in [3.8, 4) is 17.1 Å². The number of amides is 1. The molecule has 0 spiro atoms. The maximum Gasteiger partial charge on any atom is 0.282 e. The summed E-state index contributed by atoms with van der Waals surface area (Å²) in [6, 6.07) is 30.5. The fourth-order valence-electron chi connectivity index (χ4n) is 3.66. The molecule has 5 rings (SSSR count). The third kappa shape index (κ3) is 5.74. The van der Waals surface area contributed by atoms with Crippen LogP contribution in [0.15, 0.2) is 113 Å². The van der Waals surface area contributed by atoms with Gasteiger partial charge in [0.1, 0.15) is 5.75 Å². The Labute approximate surface area is 217 Å². The van der Waals surface area contributed by atoms with Crippen LogP contribution in [0.1, 0.15) is 5.56 Å². The number of hydrogen-bond donors (Lipinski definition) is 1. The van der Waals surface area contributed by atoms with Gasteiger partial charge in [-0.1, -0.05) is 54.1 Å². The summed E-state index contributed by atoms with van der Waals surface area (Å²) in [6.45, 7) is -0.144. The van der Waals surface area contributed by atoms with Gasteiger partial charge in [-0.25, -0.2) is 4.98 Å². The van der Waals surface area contributed by atoms with E-state index in [0.29, 0.717) is 33.2 Å². The van der Waals surface area contributed by atoms with Gasteiger partial charge in [0.15, 0.2) is 12.4 Å². The predicted molar refractivity (Wildman–Crippen MR) is 146 cm³/mol. The fraction of sp³-hybridized carbons (Fsp3) is 0.0345. The van der Waals surface area contributed by atoms with Crippen LogP contribution >= 0.6 is 11.6 Å². The fourth-order valence-corrected chi connectivity index (χ4v) is 3.78. The number of halogens is 1. The van der Waals surface area contributed by atoms with Gasteiger partial charge in [0.25, 0.3) is 11.5 Å². The van der Waals surface area contributed by atoms with Crippen molar-refractivity contribution in [3.63, 3.8) is 0 Å². The molecule has 5 aromatic rings. The minimum atomic E-state index is -0.287. The second-order valence-corrected chi connectivity index (χ2v) is 8.53. The summed E-state index contributed by atoms with van der Waals surface area (Å²) in [6.07, 6.45) is 1.58. The van der Waals surface area contributed by atoms with E-state index in [4.69, 9.17) is 21.3 Å². The molecule has 0 atom stereocenters. The molecule has 4 aromatic carbocycles. The molecular weight excluding hydrogens is 488 g/mol. The van der Waals surface area contributed by atoms with Gasteiger partial charge in [0, 0.05) is 16.3 Å². The Hall–Kier alpha value is -4.75. The number of benzene rings is 4. The Morgan fingerprint density at radius 1 is 0.919 bits per heavy atom. The van der Waals surface area contributed by atoms with Crippen molar-refractivity contribution in [3.05, 3.63) is 124 Å². The van der Waals surface area contributed by atoms with Crippen molar-refractivity contribution < 1.29 is 9.53 Å². The lowest BCUT2D eigenvalue weighted by Crippen LogP contribution is -2.20. The van der Waals surface area contributed by atoms with Crippen LogP contribution in [-0.4, -0.2) is 28.4 Å². The van der Waals surface area contributed by atoms with Crippen LogP contribution in [-0.2, 0) is 4.79 Å². The molecule has 1 heterocycles. The molecule has 1 aromatic heterocycles. The van der Waals surface area contributed by atoms with E-state index < -0.39 is 0 Å². The third-order valence-electron chi connectivity index (χ3n) is 5.49. The lowest BCUT2D eigenvalue weighted by atomic mass is 10.2. The maximum atomic E-state index is 13.2. The topological polar surface area (TPSA) is 85.6 Å². The summed E-state index contributed by atoms with van der Waals surface area (Å²) in [7, 11) is 0. The Balaban J connectivity index is 1.32. The number of ether oxygens (including phenoxy) is 1. The van der Waals surface area contributed by atoms with Crippen molar-refractivity contribution in [2.75, 3.05) is 11.9 Å². The molecule has 0 aliphatic rings. The second-order valence-electron chi connectivity index (χ2n) is 8.09. The number of fused-ring (bicyclic) bond motifs is 1. The molecule has 8 heteroatoms. The molecule has 0 aliphatic heterocycles. The van der Waals surface area contributed by atoms with Crippen LogP contribution < -0.4 is 15.6 Å². The van der Waals surface area contributed by atoms with Gasteiger partial charge >= 0.3 is 0 Å². The van der Waals surface area contributed by atoms with Gasteiger partial charge in [0.05, 0.1) is 17.1 Å². The zero-order valence-corrected chi connectivity index (χ0v) is 20.3. The summed E-state index contributed by atoms with van der Waals surface area (Å²) in [5.41, 5.74) is 2.52. The van der Waals surface area contributed by atoms with Crippen LogP contribution in [0.2, 0.25) is 5.02 Å². The first kappa shape index (κ1) is 24.0. The SMILES string of the molecule is O=C(COc1ccc(C=Nn2c(-c3ccccc3)nc3ccccc3c2=O)cc1)Nc1ccc(Cl)cc1. The number of nitrogens with one attached hydrogen (secondary N) is 1. The summed E-state index contributed by atoms with van der Waals surface area (Å²) in [5.74, 6) is 0.690. The van der Waals surface area contributed by atoms with E-state index in [-0.39, 0.29) is 18.1 Å². The molecule has 0 saturated heterocycles. The number of carbonyl (C=O) groups is 1. The quantitative estimate of drug-likeness (QED) is 0.289.